The summed E-state index contributed by atoms with van der Waals surface area (Å²) in [4.78, 5) is 35.5. The molecule has 1 heterocycles. The van der Waals surface area contributed by atoms with Crippen molar-refractivity contribution >= 4 is 17.7 Å². The van der Waals surface area contributed by atoms with E-state index in [0.29, 0.717) is 0 Å². The maximum atomic E-state index is 12.1. The number of hydrazine groups is 1. The van der Waals surface area contributed by atoms with Gasteiger partial charge in [0.2, 0.25) is 11.8 Å². The lowest BCUT2D eigenvalue weighted by atomic mass is 10.0. The summed E-state index contributed by atoms with van der Waals surface area (Å²) in [5.41, 5.74) is 7.23. The molecule has 0 aliphatic carbocycles. The van der Waals surface area contributed by atoms with Crippen molar-refractivity contribution in [1.82, 2.24) is 25.9 Å². The second-order valence-corrected chi connectivity index (χ2v) is 6.05. The molecule has 0 radical (unpaired) electrons. The monoisotopic (exact) mass is 357 g/mol. The number of nitrogens with zero attached hydrogens (tertiary/aromatic N) is 2. The van der Waals surface area contributed by atoms with E-state index in [1.54, 1.807) is 4.68 Å². The Hall–Kier alpha value is -3.16. The molecule has 0 aliphatic heterocycles. The number of aryl methyl sites for hydroxylation is 2. The SMILES string of the molecule is CC(=O)NC(CC(=O)NNC(=O)Cn1nc(C)cc1C)c1ccccc1. The fourth-order valence-electron chi connectivity index (χ4n) is 2.57. The zero-order valence-electron chi connectivity index (χ0n) is 15.1. The van der Waals surface area contributed by atoms with Gasteiger partial charge in [0, 0.05) is 12.6 Å². The molecule has 2 rings (SSSR count). The molecule has 1 aromatic carbocycles. The van der Waals surface area contributed by atoms with Crippen LogP contribution in [0.1, 0.15) is 36.3 Å². The van der Waals surface area contributed by atoms with Gasteiger partial charge in [-0.05, 0) is 25.5 Å². The predicted octanol–water partition coefficient (Wildman–Crippen LogP) is 0.915. The largest absolute Gasteiger partial charge is 0.349 e. The average Bonchev–Trinajstić information content (AvgIpc) is 2.90. The summed E-state index contributed by atoms with van der Waals surface area (Å²) in [5.74, 6) is -1.03. The number of nitrogens with one attached hydrogen (secondary N) is 3. The van der Waals surface area contributed by atoms with Crippen LogP contribution >= 0.6 is 0 Å². The smallest absolute Gasteiger partial charge is 0.260 e. The van der Waals surface area contributed by atoms with Crippen LogP contribution in [0.25, 0.3) is 0 Å². The van der Waals surface area contributed by atoms with Crippen LogP contribution in [0.4, 0.5) is 0 Å². The molecule has 0 bridgehead atoms. The molecule has 3 amide bonds. The molecule has 0 fully saturated rings. The van der Waals surface area contributed by atoms with Gasteiger partial charge in [0.15, 0.2) is 0 Å². The highest BCUT2D eigenvalue weighted by molar-refractivity contribution is 5.83. The van der Waals surface area contributed by atoms with E-state index < -0.39 is 11.9 Å². The first-order valence-electron chi connectivity index (χ1n) is 8.26. The molecule has 26 heavy (non-hydrogen) atoms. The van der Waals surface area contributed by atoms with Crippen molar-refractivity contribution in [2.45, 2.75) is 39.8 Å². The topological polar surface area (TPSA) is 105 Å². The van der Waals surface area contributed by atoms with E-state index in [2.05, 4.69) is 21.3 Å². The van der Waals surface area contributed by atoms with E-state index in [1.165, 1.54) is 6.92 Å². The van der Waals surface area contributed by atoms with Crippen molar-refractivity contribution < 1.29 is 14.4 Å². The molecule has 1 atom stereocenters. The summed E-state index contributed by atoms with van der Waals surface area (Å²) < 4.78 is 1.56. The van der Waals surface area contributed by atoms with Crippen molar-refractivity contribution in [2.24, 2.45) is 0 Å². The molecule has 3 N–H and O–H groups in total. The number of rotatable bonds is 6. The lowest BCUT2D eigenvalue weighted by Crippen LogP contribution is -2.44. The lowest BCUT2D eigenvalue weighted by Gasteiger charge is -2.18. The molecule has 0 spiro atoms. The zero-order valence-corrected chi connectivity index (χ0v) is 15.1. The van der Waals surface area contributed by atoms with Gasteiger partial charge in [-0.1, -0.05) is 30.3 Å². The maximum absolute atomic E-state index is 12.1. The predicted molar refractivity (Wildman–Crippen MR) is 95.6 cm³/mol. The molecule has 1 aromatic heterocycles. The summed E-state index contributed by atoms with van der Waals surface area (Å²) in [6, 6.07) is 10.6. The first kappa shape index (κ1) is 19.2. The fourth-order valence-corrected chi connectivity index (χ4v) is 2.57. The van der Waals surface area contributed by atoms with Gasteiger partial charge >= 0.3 is 0 Å². The third-order valence-corrected chi connectivity index (χ3v) is 3.71. The van der Waals surface area contributed by atoms with E-state index in [9.17, 15) is 14.4 Å². The van der Waals surface area contributed by atoms with Crippen LogP contribution in [0.3, 0.4) is 0 Å². The van der Waals surface area contributed by atoms with Crippen LogP contribution in [-0.4, -0.2) is 27.5 Å². The molecule has 2 aromatic rings. The summed E-state index contributed by atoms with van der Waals surface area (Å²) in [7, 11) is 0. The molecule has 138 valence electrons. The molecular weight excluding hydrogens is 334 g/mol. The Labute approximate surface area is 151 Å². The average molecular weight is 357 g/mol. The second kappa shape index (κ2) is 8.80. The van der Waals surface area contributed by atoms with Gasteiger partial charge < -0.3 is 5.32 Å². The Bertz CT molecular complexity index is 785. The highest BCUT2D eigenvalue weighted by Crippen LogP contribution is 2.16. The van der Waals surface area contributed by atoms with Crippen molar-refractivity contribution in [3.05, 3.63) is 53.3 Å². The number of carbonyl (C=O) groups excluding carboxylic acids is 3. The Balaban J connectivity index is 1.88. The molecule has 0 aliphatic rings. The van der Waals surface area contributed by atoms with E-state index in [0.717, 1.165) is 17.0 Å². The Morgan fingerprint density at radius 1 is 1.08 bits per heavy atom. The first-order valence-corrected chi connectivity index (χ1v) is 8.26. The normalized spacial score (nSPS) is 11.5. The second-order valence-electron chi connectivity index (χ2n) is 6.05. The van der Waals surface area contributed by atoms with Crippen LogP contribution in [0, 0.1) is 13.8 Å². The maximum Gasteiger partial charge on any atom is 0.260 e. The fraction of sp³-hybridized carbons (Fsp3) is 0.333. The Morgan fingerprint density at radius 3 is 2.31 bits per heavy atom. The third-order valence-electron chi connectivity index (χ3n) is 3.71. The molecule has 1 unspecified atom stereocenters. The van der Waals surface area contributed by atoms with E-state index >= 15 is 0 Å². The standard InChI is InChI=1S/C18H23N5O3/c1-12-9-13(2)23(22-12)11-18(26)21-20-17(25)10-16(19-14(3)24)15-7-5-4-6-8-15/h4-9,16H,10-11H2,1-3H3,(H,19,24)(H,20,25)(H,21,26). The number of aromatic nitrogens is 2. The van der Waals surface area contributed by atoms with Gasteiger partial charge in [0.25, 0.3) is 5.91 Å². The van der Waals surface area contributed by atoms with Crippen LogP contribution in [0.5, 0.6) is 0 Å². The summed E-state index contributed by atoms with van der Waals surface area (Å²) in [5, 5.41) is 6.93. The van der Waals surface area contributed by atoms with Gasteiger partial charge in [-0.25, -0.2) is 0 Å². The minimum absolute atomic E-state index is 0.00375. The van der Waals surface area contributed by atoms with Crippen LogP contribution in [0.2, 0.25) is 0 Å². The van der Waals surface area contributed by atoms with E-state index in [4.69, 9.17) is 0 Å². The van der Waals surface area contributed by atoms with Crippen LogP contribution in [-0.2, 0) is 20.9 Å². The first-order chi connectivity index (χ1) is 12.3. The molecule has 0 saturated heterocycles. The summed E-state index contributed by atoms with van der Waals surface area (Å²) >= 11 is 0. The van der Waals surface area contributed by atoms with Crippen LogP contribution < -0.4 is 16.2 Å². The number of hydrogen-bond donors (Lipinski definition) is 3. The Morgan fingerprint density at radius 2 is 1.73 bits per heavy atom. The molecule has 8 heteroatoms. The lowest BCUT2D eigenvalue weighted by molar-refractivity contribution is -0.130. The van der Waals surface area contributed by atoms with Crippen molar-refractivity contribution in [3.8, 4) is 0 Å². The highest BCUT2D eigenvalue weighted by atomic mass is 16.2. The van der Waals surface area contributed by atoms with E-state index in [1.807, 2.05) is 50.2 Å². The third kappa shape index (κ3) is 5.73. The minimum atomic E-state index is -0.471. The number of benzene rings is 1. The van der Waals surface area contributed by atoms with Gasteiger partial charge in [-0.15, -0.1) is 0 Å². The van der Waals surface area contributed by atoms with E-state index in [-0.39, 0.29) is 24.8 Å². The van der Waals surface area contributed by atoms with Gasteiger partial charge in [0.1, 0.15) is 6.54 Å². The minimum Gasteiger partial charge on any atom is -0.349 e. The van der Waals surface area contributed by atoms with Crippen LogP contribution in [0.15, 0.2) is 36.4 Å². The van der Waals surface area contributed by atoms with Gasteiger partial charge in [-0.2, -0.15) is 5.10 Å². The number of hydrogen-bond acceptors (Lipinski definition) is 4. The summed E-state index contributed by atoms with van der Waals surface area (Å²) in [6.45, 7) is 5.09. The molecular formula is C18H23N5O3. The van der Waals surface area contributed by atoms with Gasteiger partial charge in [-0.3, -0.25) is 29.9 Å². The quantitative estimate of drug-likeness (QED) is 0.669. The van der Waals surface area contributed by atoms with Crippen molar-refractivity contribution in [2.75, 3.05) is 0 Å². The number of amides is 3. The molecule has 8 nitrogen and oxygen atoms in total. The summed E-state index contributed by atoms with van der Waals surface area (Å²) in [6.07, 6.45) is 0.00375. The zero-order chi connectivity index (χ0) is 19.1. The van der Waals surface area contributed by atoms with Gasteiger partial charge in [0.05, 0.1) is 18.2 Å². The molecule has 0 saturated carbocycles. The van der Waals surface area contributed by atoms with Crippen molar-refractivity contribution in [1.29, 1.82) is 0 Å². The highest BCUT2D eigenvalue weighted by Gasteiger charge is 2.17. The van der Waals surface area contributed by atoms with Crippen molar-refractivity contribution in [3.63, 3.8) is 0 Å². The Kier molecular flexibility index (Phi) is 6.48. The number of carbonyl (C=O) groups is 3.